The Morgan fingerprint density at radius 3 is 3.00 bits per heavy atom. The van der Waals surface area contributed by atoms with Crippen LogP contribution in [0.3, 0.4) is 0 Å². The molecule has 0 spiro atoms. The van der Waals surface area contributed by atoms with E-state index in [1.165, 1.54) is 5.39 Å². The van der Waals surface area contributed by atoms with Gasteiger partial charge in [0.1, 0.15) is 0 Å². The van der Waals surface area contributed by atoms with E-state index in [-0.39, 0.29) is 0 Å². The molecule has 1 aliphatic rings. The summed E-state index contributed by atoms with van der Waals surface area (Å²) >= 11 is 3.47. The zero-order chi connectivity index (χ0) is 11.0. The molecule has 3 rings (SSSR count). The van der Waals surface area contributed by atoms with Crippen molar-refractivity contribution in [2.45, 2.75) is 12.3 Å². The lowest BCUT2D eigenvalue weighted by molar-refractivity contribution is 0.193. The Morgan fingerprint density at radius 2 is 2.19 bits per heavy atom. The van der Waals surface area contributed by atoms with Gasteiger partial charge in [-0.1, -0.05) is 22.0 Å². The minimum atomic E-state index is 0.480. The largest absolute Gasteiger partial charge is 0.381 e. The van der Waals surface area contributed by atoms with Gasteiger partial charge >= 0.3 is 0 Å². The number of hydrogen-bond donors (Lipinski definition) is 0. The Kier molecular flexibility index (Phi) is 2.65. The van der Waals surface area contributed by atoms with E-state index in [1.807, 2.05) is 6.07 Å². The molecule has 0 aliphatic carbocycles. The third kappa shape index (κ3) is 1.85. The smallest absolute Gasteiger partial charge is 0.0706 e. The maximum Gasteiger partial charge on any atom is 0.0706 e. The predicted molar refractivity (Wildman–Crippen MR) is 67.6 cm³/mol. The van der Waals surface area contributed by atoms with Crippen molar-refractivity contribution in [2.24, 2.45) is 0 Å². The number of halogens is 1. The van der Waals surface area contributed by atoms with Gasteiger partial charge in [0, 0.05) is 28.1 Å². The molecule has 2 nitrogen and oxygen atoms in total. The number of benzene rings is 1. The first-order chi connectivity index (χ1) is 7.83. The molecular weight excluding hydrogens is 266 g/mol. The van der Waals surface area contributed by atoms with E-state index in [9.17, 15) is 0 Å². The summed E-state index contributed by atoms with van der Waals surface area (Å²) in [7, 11) is 0. The van der Waals surface area contributed by atoms with Gasteiger partial charge in [0.05, 0.1) is 12.1 Å². The second-order valence-corrected chi connectivity index (χ2v) is 5.05. The van der Waals surface area contributed by atoms with Crippen LogP contribution in [0.5, 0.6) is 0 Å². The lowest BCUT2D eigenvalue weighted by Crippen LogP contribution is -2.00. The Labute approximate surface area is 103 Å². The lowest BCUT2D eigenvalue weighted by Gasteiger charge is -2.08. The van der Waals surface area contributed by atoms with Crippen molar-refractivity contribution in [1.29, 1.82) is 0 Å². The van der Waals surface area contributed by atoms with Crippen molar-refractivity contribution in [1.82, 2.24) is 4.98 Å². The molecular formula is C13H12BrNO. The number of rotatable bonds is 1. The van der Waals surface area contributed by atoms with E-state index >= 15 is 0 Å². The Morgan fingerprint density at radius 1 is 1.25 bits per heavy atom. The van der Waals surface area contributed by atoms with Gasteiger partial charge < -0.3 is 4.74 Å². The lowest BCUT2D eigenvalue weighted by atomic mass is 10.0. The summed E-state index contributed by atoms with van der Waals surface area (Å²) in [5, 5.41) is 1.18. The van der Waals surface area contributed by atoms with Gasteiger partial charge in [-0.15, -0.1) is 0 Å². The van der Waals surface area contributed by atoms with Crippen LogP contribution >= 0.6 is 15.9 Å². The monoisotopic (exact) mass is 277 g/mol. The van der Waals surface area contributed by atoms with Crippen LogP contribution in [0.15, 0.2) is 34.8 Å². The van der Waals surface area contributed by atoms with Gasteiger partial charge in [0.2, 0.25) is 0 Å². The zero-order valence-electron chi connectivity index (χ0n) is 8.82. The molecule has 82 valence electrons. The highest BCUT2D eigenvalue weighted by Crippen LogP contribution is 2.26. The van der Waals surface area contributed by atoms with Crippen LogP contribution in [-0.4, -0.2) is 18.2 Å². The van der Waals surface area contributed by atoms with Crippen LogP contribution in [-0.2, 0) is 4.74 Å². The maximum atomic E-state index is 5.40. The van der Waals surface area contributed by atoms with Gasteiger partial charge in [-0.2, -0.15) is 0 Å². The molecule has 3 heteroatoms. The molecule has 0 bridgehead atoms. The second-order valence-electron chi connectivity index (χ2n) is 4.13. The third-order valence-corrected chi connectivity index (χ3v) is 3.51. The molecule has 0 saturated carbocycles. The van der Waals surface area contributed by atoms with E-state index in [1.54, 1.807) is 0 Å². The van der Waals surface area contributed by atoms with E-state index < -0.39 is 0 Å². The Balaban J connectivity index is 2.05. The standard InChI is InChI=1S/C13H12BrNO/c14-11-2-4-12-9(7-11)1-3-13(15-12)10-5-6-16-8-10/h1-4,7,10H,5-6,8H2. The maximum absolute atomic E-state index is 5.40. The van der Waals surface area contributed by atoms with Crippen LogP contribution < -0.4 is 0 Å². The predicted octanol–water partition coefficient (Wildman–Crippen LogP) is 3.50. The van der Waals surface area contributed by atoms with E-state index in [0.717, 1.165) is 35.3 Å². The summed E-state index contributed by atoms with van der Waals surface area (Å²) < 4.78 is 6.49. The van der Waals surface area contributed by atoms with Crippen molar-refractivity contribution >= 4 is 26.8 Å². The molecule has 0 radical (unpaired) electrons. The van der Waals surface area contributed by atoms with Gasteiger partial charge in [0.15, 0.2) is 0 Å². The van der Waals surface area contributed by atoms with Crippen molar-refractivity contribution in [3.8, 4) is 0 Å². The van der Waals surface area contributed by atoms with Crippen molar-refractivity contribution < 1.29 is 4.74 Å². The molecule has 1 unspecified atom stereocenters. The molecule has 0 amide bonds. The van der Waals surface area contributed by atoms with E-state index in [4.69, 9.17) is 9.72 Å². The molecule has 2 heterocycles. The summed E-state index contributed by atoms with van der Waals surface area (Å²) in [4.78, 5) is 4.70. The van der Waals surface area contributed by atoms with Gasteiger partial charge in [-0.05, 0) is 30.7 Å². The summed E-state index contributed by atoms with van der Waals surface area (Å²) in [6.45, 7) is 1.68. The van der Waals surface area contributed by atoms with Crippen LogP contribution in [0, 0.1) is 0 Å². The highest BCUT2D eigenvalue weighted by molar-refractivity contribution is 9.10. The fourth-order valence-corrected chi connectivity index (χ4v) is 2.49. The molecule has 1 saturated heterocycles. The Bertz CT molecular complexity index is 520. The molecule has 1 aromatic heterocycles. The van der Waals surface area contributed by atoms with Crippen LogP contribution in [0.2, 0.25) is 0 Å². The zero-order valence-corrected chi connectivity index (χ0v) is 10.4. The molecule has 16 heavy (non-hydrogen) atoms. The number of nitrogens with zero attached hydrogens (tertiary/aromatic N) is 1. The number of aromatic nitrogens is 1. The molecule has 1 fully saturated rings. The first kappa shape index (κ1) is 10.2. The minimum absolute atomic E-state index is 0.480. The Hall–Kier alpha value is -0.930. The van der Waals surface area contributed by atoms with Gasteiger partial charge in [-0.3, -0.25) is 4.98 Å². The average Bonchev–Trinajstić information content (AvgIpc) is 2.82. The van der Waals surface area contributed by atoms with E-state index in [0.29, 0.717) is 5.92 Å². The molecule has 2 aromatic rings. The van der Waals surface area contributed by atoms with Crippen LogP contribution in [0.1, 0.15) is 18.0 Å². The van der Waals surface area contributed by atoms with Crippen molar-refractivity contribution in [3.63, 3.8) is 0 Å². The highest BCUT2D eigenvalue weighted by Gasteiger charge is 2.18. The van der Waals surface area contributed by atoms with Gasteiger partial charge in [0.25, 0.3) is 0 Å². The van der Waals surface area contributed by atoms with E-state index in [2.05, 4.69) is 40.2 Å². The normalized spacial score (nSPS) is 20.4. The fourth-order valence-electron chi connectivity index (χ4n) is 2.11. The topological polar surface area (TPSA) is 22.1 Å². The minimum Gasteiger partial charge on any atom is -0.381 e. The second kappa shape index (κ2) is 4.15. The van der Waals surface area contributed by atoms with Crippen LogP contribution in [0.25, 0.3) is 10.9 Å². The SMILES string of the molecule is Brc1ccc2nc(C3CCOC3)ccc2c1. The number of fused-ring (bicyclic) bond motifs is 1. The van der Waals surface area contributed by atoms with Crippen LogP contribution in [0.4, 0.5) is 0 Å². The summed E-state index contributed by atoms with van der Waals surface area (Å²) in [5.41, 5.74) is 2.22. The first-order valence-electron chi connectivity index (χ1n) is 5.47. The van der Waals surface area contributed by atoms with Crippen molar-refractivity contribution in [2.75, 3.05) is 13.2 Å². The molecule has 1 aliphatic heterocycles. The molecule has 1 aromatic carbocycles. The number of ether oxygens (including phenoxy) is 1. The van der Waals surface area contributed by atoms with Crippen molar-refractivity contribution in [3.05, 3.63) is 40.5 Å². The fraction of sp³-hybridized carbons (Fsp3) is 0.308. The number of pyridine rings is 1. The first-order valence-corrected chi connectivity index (χ1v) is 6.26. The summed E-state index contributed by atoms with van der Waals surface area (Å²) in [5.74, 6) is 0.480. The average molecular weight is 278 g/mol. The number of hydrogen-bond acceptors (Lipinski definition) is 2. The summed E-state index contributed by atoms with van der Waals surface area (Å²) in [6, 6.07) is 10.4. The molecule has 1 atom stereocenters. The third-order valence-electron chi connectivity index (χ3n) is 3.02. The quantitative estimate of drug-likeness (QED) is 0.796. The summed E-state index contributed by atoms with van der Waals surface area (Å²) in [6.07, 6.45) is 1.09. The molecule has 0 N–H and O–H groups in total. The van der Waals surface area contributed by atoms with Gasteiger partial charge in [-0.25, -0.2) is 0 Å². The highest BCUT2D eigenvalue weighted by atomic mass is 79.9.